The molecule has 2 amide bonds. The minimum absolute atomic E-state index is 0.0198. The molecule has 186 valence electrons. The number of piperidine rings is 1. The third-order valence-corrected chi connectivity index (χ3v) is 7.36. The van der Waals surface area contributed by atoms with Crippen LogP contribution in [0.15, 0.2) is 36.5 Å². The Morgan fingerprint density at radius 1 is 1.06 bits per heavy atom. The minimum atomic E-state index is -1.17. The molecule has 0 unspecified atom stereocenters. The molecule has 2 aromatic rings. The summed E-state index contributed by atoms with van der Waals surface area (Å²) >= 11 is 6.07. The molecule has 3 fully saturated rings. The molecular weight excluding hydrogens is 471 g/mol. The molecular formula is C26H30ClFN4O3. The lowest BCUT2D eigenvalue weighted by Gasteiger charge is -2.40. The molecule has 35 heavy (non-hydrogen) atoms. The van der Waals surface area contributed by atoms with Crippen molar-refractivity contribution in [2.45, 2.75) is 82.1 Å². The normalized spacial score (nSPS) is 23.7. The first-order chi connectivity index (χ1) is 16.7. The van der Waals surface area contributed by atoms with Crippen LogP contribution < -0.4 is 20.3 Å². The van der Waals surface area contributed by atoms with Crippen LogP contribution in [0.3, 0.4) is 0 Å². The van der Waals surface area contributed by atoms with E-state index in [1.54, 1.807) is 20.0 Å². The number of carbonyl (C=O) groups excluding carboxylic acids is 2. The fourth-order valence-electron chi connectivity index (χ4n) is 5.08. The van der Waals surface area contributed by atoms with Gasteiger partial charge >= 0.3 is 0 Å². The smallest absolute Gasteiger partial charge is 0.263 e. The van der Waals surface area contributed by atoms with Gasteiger partial charge in [-0.15, -0.1) is 0 Å². The molecule has 9 heteroatoms. The van der Waals surface area contributed by atoms with Gasteiger partial charge in [0.2, 0.25) is 0 Å². The van der Waals surface area contributed by atoms with Gasteiger partial charge in [-0.1, -0.05) is 11.6 Å². The van der Waals surface area contributed by atoms with Gasteiger partial charge in [-0.05, 0) is 82.7 Å². The molecule has 5 rings (SSSR count). The van der Waals surface area contributed by atoms with E-state index in [1.807, 2.05) is 12.1 Å². The van der Waals surface area contributed by atoms with Crippen molar-refractivity contribution in [2.24, 2.45) is 0 Å². The third-order valence-electron chi connectivity index (χ3n) is 7.06. The Labute approximate surface area is 209 Å². The fraction of sp³-hybridized carbons (Fsp3) is 0.500. The highest BCUT2D eigenvalue weighted by molar-refractivity contribution is 6.32. The van der Waals surface area contributed by atoms with Crippen molar-refractivity contribution in [1.29, 1.82) is 0 Å². The van der Waals surface area contributed by atoms with E-state index in [0.717, 1.165) is 44.3 Å². The first kappa shape index (κ1) is 23.9. The standard InChI is InChI=1S/C26H30ClFN4O3/c1-26(2,35-22-9-4-16(28)11-21(22)27)25(34)31-18-12-19-7-8-20(13-18)32(19)23-10-3-15(14-29-23)24(33)30-17-5-6-17/h3-4,9-11,14,17-20H,5-8,12-13H2,1-2H3,(H,30,33)(H,31,34)/t18-,19+,20-. The summed E-state index contributed by atoms with van der Waals surface area (Å²) < 4.78 is 19.2. The Balaban J connectivity index is 1.20. The molecule has 2 aliphatic heterocycles. The molecule has 3 aliphatic rings. The van der Waals surface area contributed by atoms with Crippen LogP contribution in [0.25, 0.3) is 0 Å². The number of nitrogens with one attached hydrogen (secondary N) is 2. The minimum Gasteiger partial charge on any atom is -0.476 e. The monoisotopic (exact) mass is 500 g/mol. The van der Waals surface area contributed by atoms with Crippen LogP contribution >= 0.6 is 11.6 Å². The van der Waals surface area contributed by atoms with Crippen molar-refractivity contribution < 1.29 is 18.7 Å². The number of hydrogen-bond acceptors (Lipinski definition) is 5. The Bertz CT molecular complexity index is 1110. The van der Waals surface area contributed by atoms with Gasteiger partial charge in [-0.25, -0.2) is 9.37 Å². The SMILES string of the molecule is CC(C)(Oc1ccc(F)cc1Cl)C(=O)N[C@H]1C[C@H]2CC[C@@H](C1)N2c1ccc(C(=O)NC2CC2)cn1. The van der Waals surface area contributed by atoms with Gasteiger partial charge in [-0.3, -0.25) is 9.59 Å². The molecule has 7 nitrogen and oxygen atoms in total. The molecule has 3 atom stereocenters. The maximum Gasteiger partial charge on any atom is 0.263 e. The second kappa shape index (κ2) is 9.30. The molecule has 0 spiro atoms. The van der Waals surface area contributed by atoms with E-state index in [9.17, 15) is 14.0 Å². The van der Waals surface area contributed by atoms with E-state index in [0.29, 0.717) is 11.6 Å². The first-order valence-electron chi connectivity index (χ1n) is 12.2. The number of halogens is 2. The number of carbonyl (C=O) groups is 2. The summed E-state index contributed by atoms with van der Waals surface area (Å²) in [5.74, 6) is 0.378. The Morgan fingerprint density at radius 2 is 1.77 bits per heavy atom. The van der Waals surface area contributed by atoms with Gasteiger partial charge in [-0.2, -0.15) is 0 Å². The predicted octanol–water partition coefficient (Wildman–Crippen LogP) is 4.24. The number of rotatable bonds is 7. The molecule has 2 N–H and O–H groups in total. The van der Waals surface area contributed by atoms with Crippen LogP contribution in [0, 0.1) is 5.82 Å². The lowest BCUT2D eigenvalue weighted by atomic mass is 9.96. The van der Waals surface area contributed by atoms with Crippen LogP contribution in [0.1, 0.15) is 62.7 Å². The highest BCUT2D eigenvalue weighted by Gasteiger charge is 2.43. The zero-order valence-corrected chi connectivity index (χ0v) is 20.6. The molecule has 1 aliphatic carbocycles. The highest BCUT2D eigenvalue weighted by Crippen LogP contribution is 2.39. The lowest BCUT2D eigenvalue weighted by molar-refractivity contribution is -0.135. The molecule has 3 heterocycles. The van der Waals surface area contributed by atoms with E-state index in [4.69, 9.17) is 16.3 Å². The van der Waals surface area contributed by atoms with Crippen LogP contribution in [0.2, 0.25) is 5.02 Å². The summed E-state index contributed by atoms with van der Waals surface area (Å²) in [5.41, 5.74) is -0.588. The average Bonchev–Trinajstić information content (AvgIpc) is 3.58. The van der Waals surface area contributed by atoms with Gasteiger partial charge in [0.25, 0.3) is 11.8 Å². The molecule has 1 saturated carbocycles. The zero-order valence-electron chi connectivity index (χ0n) is 19.9. The lowest BCUT2D eigenvalue weighted by Crippen LogP contribution is -2.55. The summed E-state index contributed by atoms with van der Waals surface area (Å²) in [5, 5.41) is 6.26. The van der Waals surface area contributed by atoms with Gasteiger partial charge in [0, 0.05) is 30.4 Å². The van der Waals surface area contributed by atoms with E-state index in [-0.39, 0.29) is 40.7 Å². The third kappa shape index (κ3) is 5.22. The van der Waals surface area contributed by atoms with Crippen molar-refractivity contribution in [3.63, 3.8) is 0 Å². The van der Waals surface area contributed by atoms with Crippen molar-refractivity contribution in [3.8, 4) is 5.75 Å². The Morgan fingerprint density at radius 3 is 2.37 bits per heavy atom. The zero-order chi connectivity index (χ0) is 24.7. The van der Waals surface area contributed by atoms with Crippen LogP contribution in [-0.2, 0) is 4.79 Å². The van der Waals surface area contributed by atoms with E-state index in [2.05, 4.69) is 20.5 Å². The van der Waals surface area contributed by atoms with Crippen molar-refractivity contribution in [3.05, 3.63) is 52.9 Å². The molecule has 2 bridgehead atoms. The summed E-state index contributed by atoms with van der Waals surface area (Å²) in [6.45, 7) is 3.35. The molecule has 2 saturated heterocycles. The summed E-state index contributed by atoms with van der Waals surface area (Å²) in [6, 6.07) is 8.49. The van der Waals surface area contributed by atoms with Gasteiger partial charge < -0.3 is 20.3 Å². The van der Waals surface area contributed by atoms with E-state index < -0.39 is 11.4 Å². The number of amides is 2. The number of nitrogens with zero attached hydrogens (tertiary/aromatic N) is 2. The number of benzene rings is 1. The second-order valence-electron chi connectivity index (χ2n) is 10.3. The first-order valence-corrected chi connectivity index (χ1v) is 12.6. The molecule has 1 aromatic heterocycles. The summed E-state index contributed by atoms with van der Waals surface area (Å²) in [6.07, 6.45) is 7.44. The summed E-state index contributed by atoms with van der Waals surface area (Å²) in [4.78, 5) is 32.3. The van der Waals surface area contributed by atoms with Crippen molar-refractivity contribution in [1.82, 2.24) is 15.6 Å². The maximum absolute atomic E-state index is 13.3. The van der Waals surface area contributed by atoms with Gasteiger partial charge in [0.15, 0.2) is 5.60 Å². The topological polar surface area (TPSA) is 83.6 Å². The Hall–Kier alpha value is -2.87. The number of pyridine rings is 1. The van der Waals surface area contributed by atoms with Crippen LogP contribution in [-0.4, -0.2) is 46.6 Å². The fourth-order valence-corrected chi connectivity index (χ4v) is 5.28. The predicted molar refractivity (Wildman–Crippen MR) is 131 cm³/mol. The van der Waals surface area contributed by atoms with Crippen molar-refractivity contribution >= 4 is 29.2 Å². The van der Waals surface area contributed by atoms with E-state index >= 15 is 0 Å². The second-order valence-corrected chi connectivity index (χ2v) is 10.7. The van der Waals surface area contributed by atoms with Crippen LogP contribution in [0.4, 0.5) is 10.2 Å². The number of aromatic nitrogens is 1. The van der Waals surface area contributed by atoms with E-state index in [1.165, 1.54) is 18.2 Å². The number of anilines is 1. The van der Waals surface area contributed by atoms with Gasteiger partial charge in [0.1, 0.15) is 17.4 Å². The largest absolute Gasteiger partial charge is 0.476 e. The molecule has 1 aromatic carbocycles. The number of hydrogen-bond donors (Lipinski definition) is 2. The average molecular weight is 501 g/mol. The molecule has 0 radical (unpaired) electrons. The maximum atomic E-state index is 13.3. The van der Waals surface area contributed by atoms with Crippen LogP contribution in [0.5, 0.6) is 5.75 Å². The van der Waals surface area contributed by atoms with Gasteiger partial charge in [0.05, 0.1) is 10.6 Å². The number of ether oxygens (including phenoxy) is 1. The number of fused-ring (bicyclic) bond motifs is 2. The Kier molecular flexibility index (Phi) is 6.34. The van der Waals surface area contributed by atoms with Crippen molar-refractivity contribution in [2.75, 3.05) is 4.90 Å². The quantitative estimate of drug-likeness (QED) is 0.594. The summed E-state index contributed by atoms with van der Waals surface area (Å²) in [7, 11) is 0. The highest BCUT2D eigenvalue weighted by atomic mass is 35.5.